The van der Waals surface area contributed by atoms with Gasteiger partial charge in [0.15, 0.2) is 0 Å². The molecule has 1 heterocycles. The Morgan fingerprint density at radius 1 is 1.33 bits per heavy atom. The molecule has 0 amide bonds. The molecule has 1 rings (SSSR count). The van der Waals surface area contributed by atoms with E-state index in [-0.39, 0.29) is 0 Å². The molecule has 0 spiro atoms. The van der Waals surface area contributed by atoms with Crippen LogP contribution in [0.1, 0.15) is 40.0 Å². The van der Waals surface area contributed by atoms with Crippen molar-refractivity contribution in [1.29, 1.82) is 0 Å². The van der Waals surface area contributed by atoms with Crippen molar-refractivity contribution in [2.45, 2.75) is 40.0 Å². The molecule has 1 nitrogen and oxygen atoms in total. The maximum Gasteiger partial charge on any atom is 0.0779 e. The Morgan fingerprint density at radius 2 is 2.00 bits per heavy atom. The summed E-state index contributed by atoms with van der Waals surface area (Å²) in [6, 6.07) is 0. The van der Waals surface area contributed by atoms with Crippen molar-refractivity contribution in [1.82, 2.24) is 4.90 Å². The number of hydrogen-bond acceptors (Lipinski definition) is 1. The van der Waals surface area contributed by atoms with Gasteiger partial charge in [-0.25, -0.2) is 0 Å². The molecule has 0 radical (unpaired) electrons. The van der Waals surface area contributed by atoms with E-state index in [0.29, 0.717) is 5.41 Å². The van der Waals surface area contributed by atoms with Crippen LogP contribution in [0.3, 0.4) is 0 Å². The molecule has 2 heteroatoms. The number of thiocarbonyl (C=S) groups is 1. The van der Waals surface area contributed by atoms with Gasteiger partial charge in [-0.2, -0.15) is 0 Å². The highest BCUT2D eigenvalue weighted by atomic mass is 32.1. The number of likely N-dealkylation sites (tertiary alicyclic amines) is 1. The highest BCUT2D eigenvalue weighted by molar-refractivity contribution is 7.80. The zero-order chi connectivity index (χ0) is 9.19. The quantitative estimate of drug-likeness (QED) is 0.578. The Bertz CT molecular complexity index is 169. The van der Waals surface area contributed by atoms with E-state index in [1.54, 1.807) is 0 Å². The maximum atomic E-state index is 5.32. The lowest BCUT2D eigenvalue weighted by Gasteiger charge is -2.34. The molecule has 0 aromatic rings. The Balaban J connectivity index is 2.45. The molecule has 0 aliphatic carbocycles. The number of hydrogen-bond donors (Lipinski definition) is 0. The third-order valence-corrected chi connectivity index (χ3v) is 2.55. The summed E-state index contributed by atoms with van der Waals surface area (Å²) >= 11 is 5.32. The molecule has 0 unspecified atom stereocenters. The summed E-state index contributed by atoms with van der Waals surface area (Å²) in [6.07, 6.45) is 3.74. The van der Waals surface area contributed by atoms with Gasteiger partial charge in [0.05, 0.1) is 4.99 Å². The third kappa shape index (κ3) is 3.10. The highest BCUT2D eigenvalue weighted by Gasteiger charge is 2.20. The number of piperidine rings is 1. The van der Waals surface area contributed by atoms with E-state index in [9.17, 15) is 0 Å². The van der Waals surface area contributed by atoms with Gasteiger partial charge in [-0.05, 0) is 24.7 Å². The van der Waals surface area contributed by atoms with E-state index >= 15 is 0 Å². The van der Waals surface area contributed by atoms with Crippen molar-refractivity contribution in [3.8, 4) is 0 Å². The average molecular weight is 185 g/mol. The normalized spacial score (nSPS) is 19.9. The predicted molar refractivity (Wildman–Crippen MR) is 57.5 cm³/mol. The second-order valence-corrected chi connectivity index (χ2v) is 5.30. The highest BCUT2D eigenvalue weighted by Crippen LogP contribution is 2.20. The Hall–Kier alpha value is -0.110. The van der Waals surface area contributed by atoms with Crippen LogP contribution in [0.4, 0.5) is 0 Å². The molecule has 1 aliphatic rings. The summed E-state index contributed by atoms with van der Waals surface area (Å²) in [7, 11) is 0. The van der Waals surface area contributed by atoms with Crippen LogP contribution >= 0.6 is 12.2 Å². The maximum absolute atomic E-state index is 5.32. The molecule has 0 aromatic carbocycles. The van der Waals surface area contributed by atoms with Crippen molar-refractivity contribution in [2.24, 2.45) is 5.41 Å². The van der Waals surface area contributed by atoms with Gasteiger partial charge in [-0.15, -0.1) is 0 Å². The first-order chi connectivity index (χ1) is 5.49. The van der Waals surface area contributed by atoms with Crippen LogP contribution in [-0.2, 0) is 0 Å². The van der Waals surface area contributed by atoms with Gasteiger partial charge in [0.25, 0.3) is 0 Å². The standard InChI is InChI=1S/C10H19NS/c1-10(2,3)8-11-7-5-4-6-9(11)12/h4-8H2,1-3H3. The fraction of sp³-hybridized carbons (Fsp3) is 0.900. The minimum atomic E-state index is 0.376. The van der Waals surface area contributed by atoms with Gasteiger partial charge in [0, 0.05) is 13.1 Å². The summed E-state index contributed by atoms with van der Waals surface area (Å²) in [4.78, 5) is 3.55. The van der Waals surface area contributed by atoms with Gasteiger partial charge < -0.3 is 4.90 Å². The summed E-state index contributed by atoms with van der Waals surface area (Å²) in [6.45, 7) is 9.10. The SMILES string of the molecule is CC(C)(C)CN1CCCCC1=S. The first kappa shape index (κ1) is 9.97. The first-order valence-electron chi connectivity index (χ1n) is 4.77. The summed E-state index contributed by atoms with van der Waals surface area (Å²) < 4.78 is 0. The van der Waals surface area contributed by atoms with E-state index < -0.39 is 0 Å². The second-order valence-electron chi connectivity index (χ2n) is 4.83. The van der Waals surface area contributed by atoms with Crippen molar-refractivity contribution in [3.05, 3.63) is 0 Å². The van der Waals surface area contributed by atoms with Crippen LogP contribution in [0, 0.1) is 5.41 Å². The van der Waals surface area contributed by atoms with Crippen LogP contribution < -0.4 is 0 Å². The van der Waals surface area contributed by atoms with Crippen LogP contribution in [0.25, 0.3) is 0 Å². The van der Waals surface area contributed by atoms with Crippen LogP contribution in [0.5, 0.6) is 0 Å². The number of nitrogens with zero attached hydrogens (tertiary/aromatic N) is 1. The first-order valence-corrected chi connectivity index (χ1v) is 5.18. The van der Waals surface area contributed by atoms with Crippen molar-refractivity contribution < 1.29 is 0 Å². The number of rotatable bonds is 1. The topological polar surface area (TPSA) is 3.24 Å². The largest absolute Gasteiger partial charge is 0.366 e. The monoisotopic (exact) mass is 185 g/mol. The van der Waals surface area contributed by atoms with E-state index in [4.69, 9.17) is 12.2 Å². The van der Waals surface area contributed by atoms with Gasteiger partial charge in [-0.3, -0.25) is 0 Å². The minimum Gasteiger partial charge on any atom is -0.366 e. The van der Waals surface area contributed by atoms with Gasteiger partial charge in [0.1, 0.15) is 0 Å². The average Bonchev–Trinajstić information content (AvgIpc) is 1.91. The van der Waals surface area contributed by atoms with E-state index in [1.807, 2.05) is 0 Å². The van der Waals surface area contributed by atoms with Crippen molar-refractivity contribution in [3.63, 3.8) is 0 Å². The predicted octanol–water partition coefficient (Wildman–Crippen LogP) is 2.85. The zero-order valence-corrected chi connectivity index (χ0v) is 9.21. The molecule has 1 fully saturated rings. The molecule has 0 atom stereocenters. The Kier molecular flexibility index (Phi) is 3.10. The van der Waals surface area contributed by atoms with Gasteiger partial charge in [-0.1, -0.05) is 33.0 Å². The molecule has 12 heavy (non-hydrogen) atoms. The summed E-state index contributed by atoms with van der Waals surface area (Å²) in [5.74, 6) is 0. The van der Waals surface area contributed by atoms with E-state index in [2.05, 4.69) is 25.7 Å². The Labute approximate surface area is 81.1 Å². The minimum absolute atomic E-state index is 0.376. The molecule has 1 aliphatic heterocycles. The lowest BCUT2D eigenvalue weighted by Crippen LogP contribution is -2.39. The fourth-order valence-corrected chi connectivity index (χ4v) is 1.90. The molecule has 0 saturated carbocycles. The lowest BCUT2D eigenvalue weighted by molar-refractivity contribution is 0.260. The van der Waals surface area contributed by atoms with E-state index in [1.165, 1.54) is 24.4 Å². The molecule has 1 saturated heterocycles. The van der Waals surface area contributed by atoms with Crippen LogP contribution in [-0.4, -0.2) is 23.0 Å². The molecule has 0 N–H and O–H groups in total. The molecule has 0 aromatic heterocycles. The second kappa shape index (κ2) is 3.73. The van der Waals surface area contributed by atoms with Crippen LogP contribution in [0.15, 0.2) is 0 Å². The fourth-order valence-electron chi connectivity index (χ4n) is 1.60. The lowest BCUT2D eigenvalue weighted by atomic mass is 9.95. The molecule has 0 bridgehead atoms. The molecular weight excluding hydrogens is 166 g/mol. The van der Waals surface area contributed by atoms with E-state index in [0.717, 1.165) is 13.0 Å². The van der Waals surface area contributed by atoms with Crippen molar-refractivity contribution >= 4 is 17.2 Å². The summed E-state index contributed by atoms with van der Waals surface area (Å²) in [5.41, 5.74) is 0.376. The Morgan fingerprint density at radius 3 is 2.50 bits per heavy atom. The molecular formula is C10H19NS. The molecule has 70 valence electrons. The zero-order valence-electron chi connectivity index (χ0n) is 8.39. The van der Waals surface area contributed by atoms with Gasteiger partial charge in [0.2, 0.25) is 0 Å². The smallest absolute Gasteiger partial charge is 0.0779 e. The summed E-state index contributed by atoms with van der Waals surface area (Å²) in [5, 5.41) is 0. The van der Waals surface area contributed by atoms with Gasteiger partial charge >= 0.3 is 0 Å². The van der Waals surface area contributed by atoms with Crippen molar-refractivity contribution in [2.75, 3.05) is 13.1 Å². The third-order valence-electron chi connectivity index (χ3n) is 2.09. The van der Waals surface area contributed by atoms with Crippen LogP contribution in [0.2, 0.25) is 0 Å².